The lowest BCUT2D eigenvalue weighted by Gasteiger charge is -2.24. The Labute approximate surface area is 168 Å². The quantitative estimate of drug-likeness (QED) is 0.337. The van der Waals surface area contributed by atoms with E-state index in [2.05, 4.69) is 113 Å². The Morgan fingerprint density at radius 3 is 1.46 bits per heavy atom. The van der Waals surface area contributed by atoms with Gasteiger partial charge in [0, 0.05) is 0 Å². The molecular weight excluding hydrogens is 336 g/mol. The van der Waals surface area contributed by atoms with Crippen LogP contribution in [0.1, 0.15) is 37.5 Å². The third-order valence-corrected chi connectivity index (χ3v) is 5.86. The predicted molar refractivity (Wildman–Crippen MR) is 123 cm³/mol. The molecule has 0 bridgehead atoms. The van der Waals surface area contributed by atoms with E-state index in [0.29, 0.717) is 0 Å². The maximum Gasteiger partial charge on any atom is -0.00729 e. The first-order valence-electron chi connectivity index (χ1n) is 10.1. The Morgan fingerprint density at radius 2 is 1.00 bits per heavy atom. The van der Waals surface area contributed by atoms with E-state index < -0.39 is 0 Å². The summed E-state index contributed by atoms with van der Waals surface area (Å²) in [6, 6.07) is 28.7. The Balaban J connectivity index is 2.16. The maximum atomic E-state index is 2.41. The van der Waals surface area contributed by atoms with Crippen LogP contribution in [0.25, 0.3) is 33.0 Å². The van der Waals surface area contributed by atoms with Crippen LogP contribution in [0, 0.1) is 13.8 Å². The molecule has 0 N–H and O–H groups in total. The molecule has 0 aliphatic heterocycles. The van der Waals surface area contributed by atoms with Crippen LogP contribution in [0.4, 0.5) is 0 Å². The van der Waals surface area contributed by atoms with Crippen LogP contribution < -0.4 is 0 Å². The second-order valence-corrected chi connectivity index (χ2v) is 8.74. The summed E-state index contributed by atoms with van der Waals surface area (Å²) in [6.07, 6.45) is 0. The predicted octanol–water partition coefficient (Wildman–Crippen LogP) is 8.09. The summed E-state index contributed by atoms with van der Waals surface area (Å²) in [5.74, 6) is 0. The van der Waals surface area contributed by atoms with Crippen molar-refractivity contribution in [3.05, 3.63) is 95.6 Å². The summed E-state index contributed by atoms with van der Waals surface area (Å²) in [6.45, 7) is 11.4. The summed E-state index contributed by atoms with van der Waals surface area (Å²) in [5.41, 5.74) is 9.51. The standard InChI is InChI=1S/C28H28/c1-19-20(2)27(22-14-10-7-11-15-22)25-18-23(28(3,4)5)16-17-24(25)26(19)21-12-8-6-9-13-21/h6-18H,1-5H3. The third kappa shape index (κ3) is 3.14. The van der Waals surface area contributed by atoms with Crippen molar-refractivity contribution in [3.63, 3.8) is 0 Å². The minimum atomic E-state index is 0.119. The Kier molecular flexibility index (Phi) is 4.59. The molecule has 4 rings (SSSR count). The lowest BCUT2D eigenvalue weighted by Crippen LogP contribution is -2.11. The monoisotopic (exact) mass is 364 g/mol. The zero-order chi connectivity index (χ0) is 19.9. The molecule has 28 heavy (non-hydrogen) atoms. The van der Waals surface area contributed by atoms with E-state index in [1.807, 2.05) is 0 Å². The largest absolute Gasteiger partial charge is 0.0622 e. The van der Waals surface area contributed by atoms with E-state index in [-0.39, 0.29) is 5.41 Å². The van der Waals surface area contributed by atoms with Gasteiger partial charge in [0.15, 0.2) is 0 Å². The average Bonchev–Trinajstić information content (AvgIpc) is 2.69. The zero-order valence-electron chi connectivity index (χ0n) is 17.5. The minimum Gasteiger partial charge on any atom is -0.0622 e. The molecule has 0 saturated heterocycles. The van der Waals surface area contributed by atoms with Gasteiger partial charge in [-0.1, -0.05) is 93.6 Å². The van der Waals surface area contributed by atoms with Crippen LogP contribution in [-0.2, 0) is 5.41 Å². The van der Waals surface area contributed by atoms with E-state index in [1.165, 1.54) is 49.7 Å². The molecule has 0 atom stereocenters. The van der Waals surface area contributed by atoms with Gasteiger partial charge in [-0.3, -0.25) is 0 Å². The Morgan fingerprint density at radius 1 is 0.536 bits per heavy atom. The van der Waals surface area contributed by atoms with Crippen LogP contribution in [0.2, 0.25) is 0 Å². The summed E-state index contributed by atoms with van der Waals surface area (Å²) in [4.78, 5) is 0. The van der Waals surface area contributed by atoms with Crippen molar-refractivity contribution in [2.45, 2.75) is 40.0 Å². The van der Waals surface area contributed by atoms with Gasteiger partial charge < -0.3 is 0 Å². The fourth-order valence-corrected chi connectivity index (χ4v) is 4.17. The molecule has 4 aromatic carbocycles. The van der Waals surface area contributed by atoms with Crippen molar-refractivity contribution in [3.8, 4) is 22.3 Å². The molecular formula is C28H28. The molecule has 0 unspecified atom stereocenters. The highest BCUT2D eigenvalue weighted by Crippen LogP contribution is 2.42. The number of hydrogen-bond acceptors (Lipinski definition) is 0. The van der Waals surface area contributed by atoms with Crippen LogP contribution in [-0.4, -0.2) is 0 Å². The first-order valence-corrected chi connectivity index (χ1v) is 10.1. The highest BCUT2D eigenvalue weighted by Gasteiger charge is 2.20. The van der Waals surface area contributed by atoms with Crippen molar-refractivity contribution >= 4 is 10.8 Å². The van der Waals surface area contributed by atoms with Crippen LogP contribution in [0.3, 0.4) is 0 Å². The van der Waals surface area contributed by atoms with Gasteiger partial charge in [0.05, 0.1) is 0 Å². The van der Waals surface area contributed by atoms with Crippen molar-refractivity contribution in [1.29, 1.82) is 0 Å². The van der Waals surface area contributed by atoms with Crippen LogP contribution in [0.15, 0.2) is 78.9 Å². The summed E-state index contributed by atoms with van der Waals surface area (Å²) < 4.78 is 0. The smallest absolute Gasteiger partial charge is 0.00729 e. The number of rotatable bonds is 2. The van der Waals surface area contributed by atoms with E-state index in [9.17, 15) is 0 Å². The molecule has 0 amide bonds. The molecule has 0 heterocycles. The van der Waals surface area contributed by atoms with Gasteiger partial charge >= 0.3 is 0 Å². The Hall–Kier alpha value is -2.86. The lowest BCUT2D eigenvalue weighted by molar-refractivity contribution is 0.591. The molecule has 0 spiro atoms. The van der Waals surface area contributed by atoms with E-state index in [1.54, 1.807) is 0 Å². The summed E-state index contributed by atoms with van der Waals surface area (Å²) in [5, 5.41) is 2.68. The van der Waals surface area contributed by atoms with Crippen molar-refractivity contribution in [1.82, 2.24) is 0 Å². The SMILES string of the molecule is Cc1c(C)c(-c2ccccc2)c2cc(C(C)(C)C)ccc2c1-c1ccccc1. The second-order valence-electron chi connectivity index (χ2n) is 8.74. The third-order valence-electron chi connectivity index (χ3n) is 5.86. The highest BCUT2D eigenvalue weighted by molar-refractivity contribution is 6.08. The molecule has 0 radical (unpaired) electrons. The van der Waals surface area contributed by atoms with E-state index in [0.717, 1.165) is 0 Å². The van der Waals surface area contributed by atoms with Crippen LogP contribution >= 0.6 is 0 Å². The van der Waals surface area contributed by atoms with E-state index in [4.69, 9.17) is 0 Å². The van der Waals surface area contributed by atoms with Gasteiger partial charge in [0.25, 0.3) is 0 Å². The van der Waals surface area contributed by atoms with Gasteiger partial charge in [-0.15, -0.1) is 0 Å². The van der Waals surface area contributed by atoms with Crippen LogP contribution in [0.5, 0.6) is 0 Å². The van der Waals surface area contributed by atoms with Gasteiger partial charge in [0.1, 0.15) is 0 Å². The van der Waals surface area contributed by atoms with Crippen molar-refractivity contribution < 1.29 is 0 Å². The normalized spacial score (nSPS) is 11.8. The number of benzene rings is 4. The maximum absolute atomic E-state index is 2.41. The highest BCUT2D eigenvalue weighted by atomic mass is 14.2. The number of hydrogen-bond donors (Lipinski definition) is 0. The fraction of sp³-hybridized carbons (Fsp3) is 0.214. The first-order chi connectivity index (χ1) is 13.4. The summed E-state index contributed by atoms with van der Waals surface area (Å²) in [7, 11) is 0. The molecule has 0 aromatic heterocycles. The first kappa shape index (κ1) is 18.5. The van der Waals surface area contributed by atoms with Crippen molar-refractivity contribution in [2.24, 2.45) is 0 Å². The second kappa shape index (κ2) is 6.95. The molecule has 4 aromatic rings. The molecule has 0 saturated carbocycles. The van der Waals surface area contributed by atoms with E-state index >= 15 is 0 Å². The lowest BCUT2D eigenvalue weighted by atomic mass is 9.80. The van der Waals surface area contributed by atoms with Gasteiger partial charge in [-0.2, -0.15) is 0 Å². The van der Waals surface area contributed by atoms with Crippen molar-refractivity contribution in [2.75, 3.05) is 0 Å². The van der Waals surface area contributed by atoms with Gasteiger partial charge in [-0.05, 0) is 75.0 Å². The fourth-order valence-electron chi connectivity index (χ4n) is 4.17. The minimum absolute atomic E-state index is 0.119. The molecule has 0 nitrogen and oxygen atoms in total. The average molecular weight is 365 g/mol. The van der Waals surface area contributed by atoms with Gasteiger partial charge in [-0.25, -0.2) is 0 Å². The topological polar surface area (TPSA) is 0 Å². The summed E-state index contributed by atoms with van der Waals surface area (Å²) >= 11 is 0. The Bertz CT molecular complexity index is 1130. The molecule has 140 valence electrons. The zero-order valence-corrected chi connectivity index (χ0v) is 17.5. The molecule has 0 fully saturated rings. The van der Waals surface area contributed by atoms with Gasteiger partial charge in [0.2, 0.25) is 0 Å². The number of fused-ring (bicyclic) bond motifs is 1. The molecule has 0 heteroatoms. The molecule has 0 aliphatic carbocycles. The molecule has 0 aliphatic rings.